The van der Waals surface area contributed by atoms with Gasteiger partial charge in [0.2, 0.25) is 5.95 Å². The molecule has 2 aromatic rings. The summed E-state index contributed by atoms with van der Waals surface area (Å²) in [6.45, 7) is 7.42. The SMILES string of the molecule is CC1CCCN(c2cc(N3CCCCCC3)nc(NC(=S)NCC3(c4ccccc4)CCCC3)n2)C1. The minimum absolute atomic E-state index is 0.150. The quantitative estimate of drug-likeness (QED) is 0.474. The zero-order valence-corrected chi connectivity index (χ0v) is 22.7. The zero-order valence-electron chi connectivity index (χ0n) is 21.8. The molecule has 1 aromatic carbocycles. The standard InChI is InChI=1S/C29H42N6S/c1-23-12-11-19-35(21-23)26-20-25(34-17-9-2-3-10-18-34)31-27(32-26)33-28(36)30-22-29(15-7-8-16-29)24-13-5-4-6-14-24/h4-6,13-14,20,23H,2-3,7-12,15-19,21-22H2,1H3,(H2,30,31,32,33,36). The Bertz CT molecular complexity index is 978. The van der Waals surface area contributed by atoms with E-state index in [1.54, 1.807) is 0 Å². The van der Waals surface area contributed by atoms with Crippen LogP contribution in [0.1, 0.15) is 76.7 Å². The highest BCUT2D eigenvalue weighted by Gasteiger charge is 2.35. The Morgan fingerprint density at radius 1 is 0.917 bits per heavy atom. The largest absolute Gasteiger partial charge is 0.361 e. The number of anilines is 3. The summed E-state index contributed by atoms with van der Waals surface area (Å²) in [5.41, 5.74) is 1.57. The van der Waals surface area contributed by atoms with Gasteiger partial charge < -0.3 is 20.4 Å². The first kappa shape index (κ1) is 25.2. The summed E-state index contributed by atoms with van der Waals surface area (Å²) >= 11 is 5.78. The van der Waals surface area contributed by atoms with E-state index in [1.807, 2.05) is 0 Å². The monoisotopic (exact) mass is 506 g/mol. The van der Waals surface area contributed by atoms with Gasteiger partial charge in [-0.15, -0.1) is 0 Å². The van der Waals surface area contributed by atoms with Crippen LogP contribution in [0.2, 0.25) is 0 Å². The second kappa shape index (κ2) is 11.8. The van der Waals surface area contributed by atoms with Gasteiger partial charge in [-0.3, -0.25) is 0 Å². The van der Waals surface area contributed by atoms with E-state index >= 15 is 0 Å². The lowest BCUT2D eigenvalue weighted by Gasteiger charge is -2.33. The van der Waals surface area contributed by atoms with Crippen LogP contribution in [0.5, 0.6) is 0 Å². The van der Waals surface area contributed by atoms with E-state index in [0.717, 1.165) is 44.4 Å². The van der Waals surface area contributed by atoms with E-state index in [4.69, 9.17) is 22.2 Å². The van der Waals surface area contributed by atoms with Crippen molar-refractivity contribution in [3.05, 3.63) is 42.0 Å². The number of piperidine rings is 1. The minimum atomic E-state index is 0.150. The lowest BCUT2D eigenvalue weighted by Crippen LogP contribution is -2.41. The van der Waals surface area contributed by atoms with E-state index in [1.165, 1.54) is 69.8 Å². The molecule has 6 nitrogen and oxygen atoms in total. The molecule has 0 spiro atoms. The first-order chi connectivity index (χ1) is 17.6. The van der Waals surface area contributed by atoms with Crippen molar-refractivity contribution >= 4 is 34.9 Å². The normalized spacial score (nSPS) is 22.2. The van der Waals surface area contributed by atoms with Crippen LogP contribution in [-0.4, -0.2) is 47.8 Å². The van der Waals surface area contributed by atoms with Gasteiger partial charge >= 0.3 is 0 Å². The van der Waals surface area contributed by atoms with Crippen LogP contribution in [0, 0.1) is 5.92 Å². The van der Waals surface area contributed by atoms with Crippen molar-refractivity contribution in [1.29, 1.82) is 0 Å². The second-order valence-electron chi connectivity index (χ2n) is 11.2. The molecule has 1 aromatic heterocycles. The Kier molecular flexibility index (Phi) is 8.25. The molecule has 0 radical (unpaired) electrons. The molecule has 3 fully saturated rings. The topological polar surface area (TPSA) is 56.3 Å². The number of benzene rings is 1. The summed E-state index contributed by atoms with van der Waals surface area (Å²) in [6, 6.07) is 13.1. The third kappa shape index (κ3) is 6.10. The van der Waals surface area contributed by atoms with Gasteiger partial charge in [0.1, 0.15) is 11.6 Å². The number of thiocarbonyl (C=S) groups is 1. The molecule has 0 bridgehead atoms. The predicted molar refractivity (Wildman–Crippen MR) is 154 cm³/mol. The van der Waals surface area contributed by atoms with Crippen molar-refractivity contribution in [3.63, 3.8) is 0 Å². The van der Waals surface area contributed by atoms with E-state index in [2.05, 4.69) is 63.8 Å². The molecule has 1 saturated carbocycles. The van der Waals surface area contributed by atoms with Crippen molar-refractivity contribution in [2.24, 2.45) is 5.92 Å². The van der Waals surface area contributed by atoms with Gasteiger partial charge in [0.25, 0.3) is 0 Å². The summed E-state index contributed by atoms with van der Waals surface area (Å²) in [6.07, 6.45) is 12.5. The molecule has 1 aliphatic carbocycles. The highest BCUT2D eigenvalue weighted by atomic mass is 32.1. The highest BCUT2D eigenvalue weighted by Crippen LogP contribution is 2.40. The first-order valence-corrected chi connectivity index (χ1v) is 14.5. The Morgan fingerprint density at radius 2 is 1.58 bits per heavy atom. The molecule has 1 unspecified atom stereocenters. The number of rotatable bonds is 6. The Hall–Kier alpha value is -2.41. The van der Waals surface area contributed by atoms with Crippen LogP contribution >= 0.6 is 12.2 Å². The summed E-state index contributed by atoms with van der Waals surface area (Å²) in [5, 5.41) is 7.52. The lowest BCUT2D eigenvalue weighted by molar-refractivity contribution is 0.435. The third-order valence-electron chi connectivity index (χ3n) is 8.37. The average Bonchev–Trinajstić information content (AvgIpc) is 3.22. The molecule has 5 rings (SSSR count). The number of aromatic nitrogens is 2. The van der Waals surface area contributed by atoms with E-state index in [9.17, 15) is 0 Å². The van der Waals surface area contributed by atoms with Crippen LogP contribution in [-0.2, 0) is 5.41 Å². The molecule has 36 heavy (non-hydrogen) atoms. The number of hydrogen-bond donors (Lipinski definition) is 2. The molecule has 3 aliphatic rings. The molecule has 0 amide bonds. The molecule has 2 N–H and O–H groups in total. The summed E-state index contributed by atoms with van der Waals surface area (Å²) in [4.78, 5) is 14.8. The smallest absolute Gasteiger partial charge is 0.232 e. The maximum absolute atomic E-state index is 5.78. The average molecular weight is 507 g/mol. The van der Waals surface area contributed by atoms with Crippen LogP contribution in [0.4, 0.5) is 17.6 Å². The van der Waals surface area contributed by atoms with Crippen LogP contribution in [0.3, 0.4) is 0 Å². The number of nitrogens with zero attached hydrogens (tertiary/aromatic N) is 4. The molecular formula is C29H42N6S. The first-order valence-electron chi connectivity index (χ1n) is 14.1. The Morgan fingerprint density at radius 3 is 2.28 bits per heavy atom. The maximum atomic E-state index is 5.78. The minimum Gasteiger partial charge on any atom is -0.361 e. The second-order valence-corrected chi connectivity index (χ2v) is 11.6. The summed E-state index contributed by atoms with van der Waals surface area (Å²) in [7, 11) is 0. The van der Waals surface area contributed by atoms with Crippen molar-refractivity contribution < 1.29 is 0 Å². The van der Waals surface area contributed by atoms with Gasteiger partial charge in [-0.05, 0) is 62.2 Å². The molecular weight excluding hydrogens is 464 g/mol. The van der Waals surface area contributed by atoms with E-state index in [-0.39, 0.29) is 5.41 Å². The molecule has 1 atom stereocenters. The third-order valence-corrected chi connectivity index (χ3v) is 8.62. The zero-order chi connectivity index (χ0) is 24.8. The van der Waals surface area contributed by atoms with Crippen LogP contribution < -0.4 is 20.4 Å². The van der Waals surface area contributed by atoms with Crippen LogP contribution in [0.15, 0.2) is 36.4 Å². The lowest BCUT2D eigenvalue weighted by atomic mass is 9.79. The van der Waals surface area contributed by atoms with Gasteiger partial charge in [0.05, 0.1) is 0 Å². The van der Waals surface area contributed by atoms with Crippen molar-refractivity contribution in [2.75, 3.05) is 47.8 Å². The van der Waals surface area contributed by atoms with Gasteiger partial charge in [0.15, 0.2) is 5.11 Å². The molecule has 3 heterocycles. The van der Waals surface area contributed by atoms with E-state index in [0.29, 0.717) is 17.0 Å². The molecule has 194 valence electrons. The molecule has 7 heteroatoms. The number of nitrogens with one attached hydrogen (secondary N) is 2. The van der Waals surface area contributed by atoms with Crippen molar-refractivity contribution in [1.82, 2.24) is 15.3 Å². The van der Waals surface area contributed by atoms with Gasteiger partial charge in [0, 0.05) is 44.2 Å². The fourth-order valence-corrected chi connectivity index (χ4v) is 6.47. The fourth-order valence-electron chi connectivity index (χ4n) is 6.31. The fraction of sp³-hybridized carbons (Fsp3) is 0.621. The van der Waals surface area contributed by atoms with Gasteiger partial charge in [-0.25, -0.2) is 0 Å². The summed E-state index contributed by atoms with van der Waals surface area (Å²) in [5.74, 6) is 3.36. The molecule has 2 aliphatic heterocycles. The van der Waals surface area contributed by atoms with E-state index < -0.39 is 0 Å². The Balaban J connectivity index is 1.32. The van der Waals surface area contributed by atoms with Gasteiger partial charge in [-0.1, -0.05) is 62.9 Å². The summed E-state index contributed by atoms with van der Waals surface area (Å²) < 4.78 is 0. The van der Waals surface area contributed by atoms with Crippen molar-refractivity contribution in [3.8, 4) is 0 Å². The predicted octanol–water partition coefficient (Wildman–Crippen LogP) is 5.89. The maximum Gasteiger partial charge on any atom is 0.232 e. The van der Waals surface area contributed by atoms with Crippen LogP contribution in [0.25, 0.3) is 0 Å². The van der Waals surface area contributed by atoms with Gasteiger partial charge in [-0.2, -0.15) is 9.97 Å². The number of hydrogen-bond acceptors (Lipinski definition) is 5. The molecule has 2 saturated heterocycles. The highest BCUT2D eigenvalue weighted by molar-refractivity contribution is 7.80. The Labute approximate surface area is 222 Å². The van der Waals surface area contributed by atoms with Crippen molar-refractivity contribution in [2.45, 2.75) is 76.5 Å².